The van der Waals surface area contributed by atoms with Crippen molar-refractivity contribution in [1.29, 1.82) is 0 Å². The van der Waals surface area contributed by atoms with E-state index in [1.165, 1.54) is 12.1 Å². The summed E-state index contributed by atoms with van der Waals surface area (Å²) in [5.74, 6) is -0.374. The summed E-state index contributed by atoms with van der Waals surface area (Å²) in [5.41, 5.74) is 3.80. The second-order valence-electron chi connectivity index (χ2n) is 5.51. The van der Waals surface area contributed by atoms with Crippen molar-refractivity contribution in [3.8, 4) is 0 Å². The van der Waals surface area contributed by atoms with Crippen molar-refractivity contribution in [2.24, 2.45) is 0 Å². The normalized spacial score (nSPS) is 10.9. The average Bonchev–Trinajstić information content (AvgIpc) is 2.85. The predicted molar refractivity (Wildman–Crippen MR) is 86.4 cm³/mol. The Kier molecular flexibility index (Phi) is 3.67. The summed E-state index contributed by atoms with van der Waals surface area (Å²) in [6.07, 6.45) is 1.80. The highest BCUT2D eigenvalue weighted by Crippen LogP contribution is 2.19. The van der Waals surface area contributed by atoms with E-state index < -0.39 is 0 Å². The van der Waals surface area contributed by atoms with Crippen LogP contribution >= 0.6 is 0 Å². The highest BCUT2D eigenvalue weighted by molar-refractivity contribution is 5.92. The summed E-state index contributed by atoms with van der Waals surface area (Å²) in [5, 5.41) is 3.72. The number of amides is 1. The van der Waals surface area contributed by atoms with Crippen molar-refractivity contribution in [2.45, 2.75) is 20.4 Å². The summed E-state index contributed by atoms with van der Waals surface area (Å²) in [6.45, 7) is 4.15. The number of nitrogens with zero attached hydrogens (tertiary/aromatic N) is 1. The van der Waals surface area contributed by atoms with Crippen molar-refractivity contribution < 1.29 is 9.18 Å². The van der Waals surface area contributed by atoms with Crippen LogP contribution in [0.1, 0.15) is 11.1 Å². The monoisotopic (exact) mass is 296 g/mol. The minimum Gasteiger partial charge on any atom is -0.338 e. The van der Waals surface area contributed by atoms with Crippen LogP contribution in [-0.4, -0.2) is 10.5 Å². The third-order valence-electron chi connectivity index (χ3n) is 3.71. The van der Waals surface area contributed by atoms with Gasteiger partial charge in [-0.25, -0.2) is 4.39 Å². The number of fused-ring (bicyclic) bond motifs is 1. The molecule has 1 aromatic heterocycles. The first-order valence-electron chi connectivity index (χ1n) is 7.14. The van der Waals surface area contributed by atoms with Gasteiger partial charge in [0.15, 0.2) is 0 Å². The second-order valence-corrected chi connectivity index (χ2v) is 5.51. The molecule has 0 saturated heterocycles. The zero-order chi connectivity index (χ0) is 15.7. The van der Waals surface area contributed by atoms with Gasteiger partial charge >= 0.3 is 0 Å². The van der Waals surface area contributed by atoms with Gasteiger partial charge in [-0.05, 0) is 55.3 Å². The van der Waals surface area contributed by atoms with E-state index in [-0.39, 0.29) is 18.3 Å². The Bertz CT molecular complexity index is 851. The first-order chi connectivity index (χ1) is 10.5. The fourth-order valence-electron chi connectivity index (χ4n) is 2.52. The number of halogens is 1. The van der Waals surface area contributed by atoms with E-state index in [0.29, 0.717) is 0 Å². The maximum Gasteiger partial charge on any atom is 0.244 e. The van der Waals surface area contributed by atoms with Crippen LogP contribution in [0.25, 0.3) is 10.9 Å². The molecular formula is C18H17FN2O. The van der Waals surface area contributed by atoms with Gasteiger partial charge in [0.2, 0.25) is 5.91 Å². The Labute approximate surface area is 128 Å². The first-order valence-corrected chi connectivity index (χ1v) is 7.14. The number of hydrogen-bond acceptors (Lipinski definition) is 1. The van der Waals surface area contributed by atoms with Gasteiger partial charge in [-0.3, -0.25) is 4.79 Å². The van der Waals surface area contributed by atoms with Gasteiger partial charge in [0.25, 0.3) is 0 Å². The summed E-state index contributed by atoms with van der Waals surface area (Å²) < 4.78 is 15.0. The summed E-state index contributed by atoms with van der Waals surface area (Å²) in [4.78, 5) is 12.2. The fourth-order valence-corrected chi connectivity index (χ4v) is 2.52. The van der Waals surface area contributed by atoms with Crippen LogP contribution in [0.2, 0.25) is 0 Å². The highest BCUT2D eigenvalue weighted by Gasteiger charge is 2.08. The molecule has 0 aliphatic carbocycles. The molecule has 0 saturated carbocycles. The number of nitrogens with one attached hydrogen (secondary N) is 1. The number of aromatic nitrogens is 1. The third kappa shape index (κ3) is 2.86. The minimum absolute atomic E-state index is 0.101. The van der Waals surface area contributed by atoms with E-state index in [4.69, 9.17) is 0 Å². The molecule has 0 aliphatic rings. The fraction of sp³-hybridized carbons (Fsp3) is 0.167. The van der Waals surface area contributed by atoms with Crippen LogP contribution in [0.4, 0.5) is 10.1 Å². The predicted octanol–water partition coefficient (Wildman–Crippen LogP) is 4.04. The number of carbonyl (C=O) groups excluding carboxylic acids is 1. The van der Waals surface area contributed by atoms with Crippen molar-refractivity contribution in [1.82, 2.24) is 4.57 Å². The van der Waals surface area contributed by atoms with E-state index in [1.807, 2.05) is 42.7 Å². The van der Waals surface area contributed by atoms with E-state index in [1.54, 1.807) is 12.3 Å². The Morgan fingerprint density at radius 3 is 2.77 bits per heavy atom. The number of aryl methyl sites for hydroxylation is 2. The molecule has 1 amide bonds. The molecule has 0 fully saturated rings. The molecule has 0 spiro atoms. The topological polar surface area (TPSA) is 34.0 Å². The number of hydrogen-bond donors (Lipinski definition) is 1. The third-order valence-corrected chi connectivity index (χ3v) is 3.71. The van der Waals surface area contributed by atoms with Crippen LogP contribution in [0.15, 0.2) is 48.7 Å². The summed E-state index contributed by atoms with van der Waals surface area (Å²) >= 11 is 0. The molecule has 1 N–H and O–H groups in total. The number of benzene rings is 2. The quantitative estimate of drug-likeness (QED) is 0.777. The minimum atomic E-state index is -0.273. The average molecular weight is 296 g/mol. The molecule has 1 heterocycles. The van der Waals surface area contributed by atoms with Gasteiger partial charge < -0.3 is 9.88 Å². The number of carbonyl (C=O) groups is 1. The molecule has 4 heteroatoms. The van der Waals surface area contributed by atoms with Crippen LogP contribution in [-0.2, 0) is 11.3 Å². The lowest BCUT2D eigenvalue weighted by Gasteiger charge is -2.10. The lowest BCUT2D eigenvalue weighted by molar-refractivity contribution is -0.116. The largest absolute Gasteiger partial charge is 0.338 e. The molecular weight excluding hydrogens is 279 g/mol. The highest BCUT2D eigenvalue weighted by atomic mass is 19.1. The molecule has 2 aromatic carbocycles. The molecule has 3 rings (SSSR count). The Hall–Kier alpha value is -2.62. The zero-order valence-electron chi connectivity index (χ0n) is 12.6. The standard InChI is InChI=1S/C18H17FN2O/c1-12-3-4-13(2)16(9-12)20-18(22)11-21-8-7-14-10-15(19)5-6-17(14)21/h3-10H,11H2,1-2H3,(H,20,22). The van der Waals surface area contributed by atoms with Crippen LogP contribution in [0.3, 0.4) is 0 Å². The van der Waals surface area contributed by atoms with Gasteiger partial charge in [0, 0.05) is 22.8 Å². The lowest BCUT2D eigenvalue weighted by Crippen LogP contribution is -2.18. The van der Waals surface area contributed by atoms with Crippen molar-refractivity contribution in [2.75, 3.05) is 5.32 Å². The molecule has 3 nitrogen and oxygen atoms in total. The Balaban J connectivity index is 1.80. The number of anilines is 1. The second kappa shape index (κ2) is 5.64. The molecule has 0 radical (unpaired) electrons. The van der Waals surface area contributed by atoms with E-state index in [2.05, 4.69) is 5.32 Å². The van der Waals surface area contributed by atoms with Crippen molar-refractivity contribution in [3.05, 3.63) is 65.6 Å². The molecule has 112 valence electrons. The zero-order valence-corrected chi connectivity index (χ0v) is 12.6. The molecule has 0 unspecified atom stereocenters. The summed E-state index contributed by atoms with van der Waals surface area (Å²) in [6, 6.07) is 12.3. The first kappa shape index (κ1) is 14.3. The molecule has 0 bridgehead atoms. The molecule has 0 aliphatic heterocycles. The van der Waals surface area contributed by atoms with Gasteiger partial charge in [0.1, 0.15) is 12.4 Å². The Morgan fingerprint density at radius 1 is 1.14 bits per heavy atom. The van der Waals surface area contributed by atoms with E-state index in [9.17, 15) is 9.18 Å². The van der Waals surface area contributed by atoms with E-state index >= 15 is 0 Å². The lowest BCUT2D eigenvalue weighted by atomic mass is 10.1. The van der Waals surface area contributed by atoms with Crippen LogP contribution in [0, 0.1) is 19.7 Å². The maximum absolute atomic E-state index is 13.2. The number of rotatable bonds is 3. The van der Waals surface area contributed by atoms with Gasteiger partial charge in [-0.1, -0.05) is 12.1 Å². The van der Waals surface area contributed by atoms with Crippen molar-refractivity contribution in [3.63, 3.8) is 0 Å². The molecule has 0 atom stereocenters. The van der Waals surface area contributed by atoms with Gasteiger partial charge in [-0.15, -0.1) is 0 Å². The smallest absolute Gasteiger partial charge is 0.244 e. The Morgan fingerprint density at radius 2 is 1.95 bits per heavy atom. The SMILES string of the molecule is Cc1ccc(C)c(NC(=O)Cn2ccc3cc(F)ccc32)c1. The molecule has 22 heavy (non-hydrogen) atoms. The van der Waals surface area contributed by atoms with Crippen LogP contribution in [0.5, 0.6) is 0 Å². The maximum atomic E-state index is 13.2. The van der Waals surface area contributed by atoms with E-state index in [0.717, 1.165) is 27.7 Å². The van der Waals surface area contributed by atoms with Gasteiger partial charge in [0.05, 0.1) is 0 Å². The van der Waals surface area contributed by atoms with Gasteiger partial charge in [-0.2, -0.15) is 0 Å². The van der Waals surface area contributed by atoms with Crippen LogP contribution < -0.4 is 5.32 Å². The van der Waals surface area contributed by atoms with Crippen molar-refractivity contribution >= 4 is 22.5 Å². The molecule has 3 aromatic rings. The summed E-state index contributed by atoms with van der Waals surface area (Å²) in [7, 11) is 0.